The number of halogens is 1. The van der Waals surface area contributed by atoms with E-state index in [0.29, 0.717) is 23.0 Å². The van der Waals surface area contributed by atoms with Crippen molar-refractivity contribution in [3.05, 3.63) is 88.8 Å². The number of ketones is 1. The van der Waals surface area contributed by atoms with E-state index in [1.54, 1.807) is 24.3 Å². The summed E-state index contributed by atoms with van der Waals surface area (Å²) in [5.41, 5.74) is 2.09. The molecule has 1 atom stereocenters. The van der Waals surface area contributed by atoms with Gasteiger partial charge in [-0.15, -0.1) is 0 Å². The van der Waals surface area contributed by atoms with Crippen molar-refractivity contribution in [1.82, 2.24) is 10.2 Å². The molecular weight excluding hydrogens is 432 g/mol. The van der Waals surface area contributed by atoms with Crippen molar-refractivity contribution >= 4 is 46.7 Å². The molecule has 1 unspecified atom stereocenters. The van der Waals surface area contributed by atoms with E-state index >= 15 is 0 Å². The topological polar surface area (TPSA) is 62.6 Å². The van der Waals surface area contributed by atoms with E-state index in [-0.39, 0.29) is 22.5 Å². The van der Waals surface area contributed by atoms with Gasteiger partial charge in [-0.1, -0.05) is 41.9 Å². The first-order chi connectivity index (χ1) is 14.9. The number of benzene rings is 2. The molecule has 1 saturated heterocycles. The minimum absolute atomic E-state index is 0.134. The first kappa shape index (κ1) is 21.0. The highest BCUT2D eigenvalue weighted by molar-refractivity contribution is 7.80. The minimum Gasteiger partial charge on any atom is -0.457 e. The van der Waals surface area contributed by atoms with Crippen LogP contribution in [0.15, 0.2) is 76.8 Å². The highest BCUT2D eigenvalue weighted by Gasteiger charge is 2.38. The van der Waals surface area contributed by atoms with E-state index in [9.17, 15) is 9.59 Å². The number of hydrogen-bond acceptors (Lipinski definition) is 4. The quantitative estimate of drug-likeness (QED) is 0.429. The maximum atomic E-state index is 13.1. The highest BCUT2D eigenvalue weighted by Crippen LogP contribution is 2.26. The van der Waals surface area contributed by atoms with Crippen molar-refractivity contribution in [2.45, 2.75) is 19.4 Å². The van der Waals surface area contributed by atoms with Crippen LogP contribution in [0, 0.1) is 0 Å². The molecule has 2 aromatic carbocycles. The molecule has 0 spiro atoms. The fourth-order valence-corrected chi connectivity index (χ4v) is 3.87. The third-order valence-electron chi connectivity index (χ3n) is 5.00. The van der Waals surface area contributed by atoms with Crippen molar-refractivity contribution in [2.75, 3.05) is 0 Å². The smallest absolute Gasteiger partial charge is 0.277 e. The van der Waals surface area contributed by atoms with Crippen LogP contribution in [0.5, 0.6) is 0 Å². The minimum atomic E-state index is -0.679. The van der Waals surface area contributed by atoms with Gasteiger partial charge in [0.15, 0.2) is 10.9 Å². The van der Waals surface area contributed by atoms with E-state index in [0.717, 1.165) is 11.1 Å². The largest absolute Gasteiger partial charge is 0.457 e. The second-order valence-corrected chi connectivity index (χ2v) is 8.01. The van der Waals surface area contributed by atoms with Crippen LogP contribution >= 0.6 is 23.8 Å². The van der Waals surface area contributed by atoms with Gasteiger partial charge in [-0.3, -0.25) is 14.5 Å². The number of carbonyl (C=O) groups is 2. The molecule has 1 fully saturated rings. The summed E-state index contributed by atoms with van der Waals surface area (Å²) in [6, 6.07) is 19.7. The number of rotatable bonds is 6. The maximum absolute atomic E-state index is 13.1. The van der Waals surface area contributed by atoms with Crippen LogP contribution in [0.4, 0.5) is 0 Å². The van der Waals surface area contributed by atoms with Crippen LogP contribution in [0.25, 0.3) is 17.4 Å². The first-order valence-electron chi connectivity index (χ1n) is 9.69. The van der Waals surface area contributed by atoms with E-state index in [2.05, 4.69) is 5.32 Å². The van der Waals surface area contributed by atoms with Crippen molar-refractivity contribution < 1.29 is 14.0 Å². The maximum Gasteiger partial charge on any atom is 0.277 e. The van der Waals surface area contributed by atoms with Gasteiger partial charge >= 0.3 is 0 Å². The van der Waals surface area contributed by atoms with Crippen molar-refractivity contribution in [3.63, 3.8) is 0 Å². The lowest BCUT2D eigenvalue weighted by Gasteiger charge is -2.24. The standard InChI is InChI=1S/C24H19ClN2O3S/c1-15(28)21(13-16-5-3-2-4-6-16)27-23(29)20(26-24(27)31)14-19-11-12-22(30-19)17-7-9-18(25)10-8-17/h2-12,14,21H,13H2,1H3,(H,26,31)/b20-14+. The Hall–Kier alpha value is -3.22. The summed E-state index contributed by atoms with van der Waals surface area (Å²) in [6.07, 6.45) is 1.98. The van der Waals surface area contributed by atoms with Crippen LogP contribution in [-0.4, -0.2) is 27.7 Å². The van der Waals surface area contributed by atoms with Gasteiger partial charge in [-0.25, -0.2) is 0 Å². The fourth-order valence-electron chi connectivity index (χ4n) is 3.43. The number of amides is 1. The summed E-state index contributed by atoms with van der Waals surface area (Å²) in [6.45, 7) is 1.47. The predicted molar refractivity (Wildman–Crippen MR) is 124 cm³/mol. The van der Waals surface area contributed by atoms with Crippen molar-refractivity contribution in [2.24, 2.45) is 0 Å². The average Bonchev–Trinajstić information content (AvgIpc) is 3.32. The Bertz CT molecular complexity index is 1170. The van der Waals surface area contributed by atoms with Gasteiger partial charge in [-0.05, 0) is 61.1 Å². The molecular formula is C24H19ClN2O3S. The van der Waals surface area contributed by atoms with Crippen LogP contribution in [0.2, 0.25) is 5.02 Å². The number of furan rings is 1. The number of Topliss-reactive ketones (excluding diaryl/α,β-unsaturated/α-hetero) is 1. The molecule has 156 valence electrons. The monoisotopic (exact) mass is 450 g/mol. The van der Waals surface area contributed by atoms with Crippen LogP contribution in [0.1, 0.15) is 18.2 Å². The van der Waals surface area contributed by atoms with Gasteiger partial charge in [0.2, 0.25) is 0 Å². The van der Waals surface area contributed by atoms with Crippen LogP contribution in [-0.2, 0) is 16.0 Å². The van der Waals surface area contributed by atoms with Gasteiger partial charge in [0.1, 0.15) is 23.3 Å². The lowest BCUT2D eigenvalue weighted by molar-refractivity contribution is -0.130. The number of thiocarbonyl (C=S) groups is 1. The van der Waals surface area contributed by atoms with Crippen molar-refractivity contribution in [3.8, 4) is 11.3 Å². The molecule has 7 heteroatoms. The molecule has 5 nitrogen and oxygen atoms in total. The summed E-state index contributed by atoms with van der Waals surface area (Å²) in [5, 5.41) is 3.77. The summed E-state index contributed by atoms with van der Waals surface area (Å²) in [7, 11) is 0. The van der Waals surface area contributed by atoms with E-state index in [4.69, 9.17) is 28.2 Å². The normalized spacial score (nSPS) is 15.9. The summed E-state index contributed by atoms with van der Waals surface area (Å²) >= 11 is 11.3. The van der Waals surface area contributed by atoms with Gasteiger partial charge < -0.3 is 9.73 Å². The summed E-state index contributed by atoms with van der Waals surface area (Å²) in [4.78, 5) is 26.8. The lowest BCUT2D eigenvalue weighted by Crippen LogP contribution is -2.45. The fraction of sp³-hybridized carbons (Fsp3) is 0.125. The Morgan fingerprint density at radius 2 is 1.84 bits per heavy atom. The first-order valence-corrected chi connectivity index (χ1v) is 10.5. The van der Waals surface area contributed by atoms with E-state index < -0.39 is 6.04 Å². The number of nitrogens with one attached hydrogen (secondary N) is 1. The lowest BCUT2D eigenvalue weighted by atomic mass is 10.0. The average molecular weight is 451 g/mol. The number of hydrogen-bond donors (Lipinski definition) is 1. The Kier molecular flexibility index (Phi) is 6.02. The predicted octanol–water partition coefficient (Wildman–Crippen LogP) is 4.86. The molecule has 0 radical (unpaired) electrons. The third kappa shape index (κ3) is 4.60. The molecule has 0 aliphatic carbocycles. The van der Waals surface area contributed by atoms with Crippen molar-refractivity contribution in [1.29, 1.82) is 0 Å². The van der Waals surface area contributed by atoms with Crippen LogP contribution in [0.3, 0.4) is 0 Å². The molecule has 0 saturated carbocycles. The molecule has 2 heterocycles. The van der Waals surface area contributed by atoms with Gasteiger partial charge in [0.25, 0.3) is 5.91 Å². The second-order valence-electron chi connectivity index (χ2n) is 7.19. The Balaban J connectivity index is 1.56. The third-order valence-corrected chi connectivity index (χ3v) is 5.56. The molecule has 1 aliphatic heterocycles. The highest BCUT2D eigenvalue weighted by atomic mass is 35.5. The van der Waals surface area contributed by atoms with Gasteiger partial charge in [0.05, 0.1) is 0 Å². The second kappa shape index (κ2) is 8.88. The Labute approximate surface area is 190 Å². The molecule has 3 aromatic rings. The summed E-state index contributed by atoms with van der Waals surface area (Å²) in [5.74, 6) is 0.656. The van der Waals surface area contributed by atoms with E-state index in [1.165, 1.54) is 11.8 Å². The number of nitrogens with zero attached hydrogens (tertiary/aromatic N) is 1. The van der Waals surface area contributed by atoms with Gasteiger partial charge in [0, 0.05) is 23.1 Å². The zero-order valence-corrected chi connectivity index (χ0v) is 18.2. The van der Waals surface area contributed by atoms with Crippen LogP contribution < -0.4 is 5.32 Å². The molecule has 1 aromatic heterocycles. The summed E-state index contributed by atoms with van der Waals surface area (Å²) < 4.78 is 5.85. The molecule has 0 bridgehead atoms. The molecule has 4 rings (SSSR count). The SMILES string of the molecule is CC(=O)C(Cc1ccccc1)N1C(=O)/C(=C\c2ccc(-c3ccc(Cl)cc3)o2)NC1=S. The van der Waals surface area contributed by atoms with E-state index in [1.807, 2.05) is 48.5 Å². The molecule has 1 N–H and O–H groups in total. The Morgan fingerprint density at radius 1 is 1.13 bits per heavy atom. The molecule has 1 amide bonds. The Morgan fingerprint density at radius 3 is 2.52 bits per heavy atom. The molecule has 1 aliphatic rings. The number of carbonyl (C=O) groups excluding carboxylic acids is 2. The van der Waals surface area contributed by atoms with Gasteiger partial charge in [-0.2, -0.15) is 0 Å². The zero-order chi connectivity index (χ0) is 22.0. The molecule has 31 heavy (non-hydrogen) atoms. The zero-order valence-electron chi connectivity index (χ0n) is 16.7.